The predicted molar refractivity (Wildman–Crippen MR) is 169 cm³/mol. The summed E-state index contributed by atoms with van der Waals surface area (Å²) < 4.78 is 5.39. The number of hydrogen-bond acceptors (Lipinski definition) is 10. The quantitative estimate of drug-likeness (QED) is 0.161. The second-order valence-corrected chi connectivity index (χ2v) is 12.3. The van der Waals surface area contributed by atoms with Crippen LogP contribution < -0.4 is 16.4 Å². The number of benzene rings is 3. The van der Waals surface area contributed by atoms with E-state index in [1.54, 1.807) is 0 Å². The van der Waals surface area contributed by atoms with Gasteiger partial charge in [0.25, 0.3) is 5.91 Å². The van der Waals surface area contributed by atoms with Crippen molar-refractivity contribution in [2.75, 3.05) is 11.9 Å². The maximum absolute atomic E-state index is 13.7. The molecule has 3 aromatic carbocycles. The lowest BCUT2D eigenvalue weighted by Gasteiger charge is -2.46. The molecule has 0 radical (unpaired) electrons. The van der Waals surface area contributed by atoms with Crippen LogP contribution in [0.25, 0.3) is 16.9 Å². The Hall–Kier alpha value is -5.95. The van der Waals surface area contributed by atoms with E-state index in [0.29, 0.717) is 5.56 Å². The highest BCUT2D eigenvalue weighted by Gasteiger charge is 2.60. The molecule has 4 aliphatic rings. The maximum atomic E-state index is 13.7. The second kappa shape index (κ2) is 11.1. The molecule has 7 rings (SSSR count). The summed E-state index contributed by atoms with van der Waals surface area (Å²) in [7, 11) is 0. The zero-order valence-electron chi connectivity index (χ0n) is 25.1. The zero-order valence-corrected chi connectivity index (χ0v) is 25.1. The average molecular weight is 652 g/mol. The summed E-state index contributed by atoms with van der Waals surface area (Å²) in [5, 5.41) is 48.8. The molecule has 0 saturated heterocycles. The number of carbonyl (C=O) groups excluding carboxylic acids is 5. The zero-order chi connectivity index (χ0) is 34.1. The van der Waals surface area contributed by atoms with Crippen LogP contribution in [-0.4, -0.2) is 62.2 Å². The molecular weight excluding hydrogens is 622 g/mol. The van der Waals surface area contributed by atoms with Gasteiger partial charge in [0, 0.05) is 23.8 Å². The smallest absolute Gasteiger partial charge is 0.415 e. The van der Waals surface area contributed by atoms with Crippen LogP contribution in [0.15, 0.2) is 77.6 Å². The Balaban J connectivity index is 1.08. The predicted octanol–water partition coefficient (Wildman–Crippen LogP) is 3.49. The molecule has 3 atom stereocenters. The van der Waals surface area contributed by atoms with E-state index < -0.39 is 76.3 Å². The molecule has 4 amide bonds. The van der Waals surface area contributed by atoms with Crippen molar-refractivity contribution in [3.05, 3.63) is 99.8 Å². The van der Waals surface area contributed by atoms with Crippen molar-refractivity contribution in [2.24, 2.45) is 17.6 Å². The number of fused-ring (bicyclic) bond motifs is 6. The molecule has 0 aliphatic heterocycles. The number of ether oxygens (including phenoxy) is 1. The first-order valence-electron chi connectivity index (χ1n) is 15.2. The number of rotatable bonds is 4. The molecule has 0 heterocycles. The van der Waals surface area contributed by atoms with E-state index in [1.165, 1.54) is 12.1 Å². The molecule has 1 saturated carbocycles. The summed E-state index contributed by atoms with van der Waals surface area (Å²) in [6.07, 6.45) is -1.36. The van der Waals surface area contributed by atoms with E-state index in [1.807, 2.05) is 53.8 Å². The summed E-state index contributed by atoms with van der Waals surface area (Å²) in [5.74, 6) is -7.77. The van der Waals surface area contributed by atoms with Gasteiger partial charge in [-0.25, -0.2) is 14.9 Å². The number of alkyl carbamates (subject to hydrolysis) is 1. The van der Waals surface area contributed by atoms with Crippen LogP contribution in [0.4, 0.5) is 15.3 Å². The van der Waals surface area contributed by atoms with Crippen molar-refractivity contribution in [1.29, 1.82) is 0 Å². The fourth-order valence-corrected chi connectivity index (χ4v) is 7.58. The molecule has 0 unspecified atom stereocenters. The number of nitrogens with one attached hydrogen (secondary N) is 2. The Kier molecular flexibility index (Phi) is 7.09. The Morgan fingerprint density at radius 2 is 1.56 bits per heavy atom. The summed E-state index contributed by atoms with van der Waals surface area (Å²) >= 11 is 0. The molecule has 1 fully saturated rings. The van der Waals surface area contributed by atoms with Crippen molar-refractivity contribution in [2.45, 2.75) is 30.8 Å². The van der Waals surface area contributed by atoms with Gasteiger partial charge in [-0.15, -0.1) is 0 Å². The lowest BCUT2D eigenvalue weighted by atomic mass is 9.59. The minimum Gasteiger partial charge on any atom is -0.508 e. The number of Topliss-reactive ketones (excluding diaryl/α,β-unsaturated/α-hetero) is 2. The second-order valence-electron chi connectivity index (χ2n) is 12.3. The number of imide groups is 1. The molecule has 0 aromatic heterocycles. The molecule has 8 N–H and O–H groups in total. The number of phenols is 1. The van der Waals surface area contributed by atoms with Gasteiger partial charge in [0.15, 0.2) is 11.4 Å². The van der Waals surface area contributed by atoms with Crippen LogP contribution in [0.3, 0.4) is 0 Å². The number of anilines is 1. The van der Waals surface area contributed by atoms with E-state index in [4.69, 9.17) is 10.5 Å². The number of aliphatic hydroxyl groups is 3. The van der Waals surface area contributed by atoms with Gasteiger partial charge in [0.1, 0.15) is 29.4 Å². The van der Waals surface area contributed by atoms with Crippen LogP contribution in [0, 0.1) is 11.8 Å². The molecule has 0 bridgehead atoms. The first-order valence-corrected chi connectivity index (χ1v) is 15.2. The lowest BCUT2D eigenvalue weighted by molar-refractivity contribution is -0.147. The summed E-state index contributed by atoms with van der Waals surface area (Å²) in [6.45, 7) is -0.0408. The highest BCUT2D eigenvalue weighted by molar-refractivity contribution is 6.22. The summed E-state index contributed by atoms with van der Waals surface area (Å²) in [4.78, 5) is 63.4. The van der Waals surface area contributed by atoms with E-state index in [2.05, 4.69) is 5.32 Å². The van der Waals surface area contributed by atoms with Crippen molar-refractivity contribution in [1.82, 2.24) is 5.32 Å². The lowest BCUT2D eigenvalue weighted by Crippen LogP contribution is -2.58. The Morgan fingerprint density at radius 1 is 0.917 bits per heavy atom. The first kappa shape index (κ1) is 30.7. The number of phenolic OH excluding ortho intramolecular Hbond substituents is 1. The van der Waals surface area contributed by atoms with Crippen molar-refractivity contribution >= 4 is 41.0 Å². The standard InChI is InChI=1S/C35H29N3O10/c36-32(44)27-24(39)13-17-12-16-11-15-9-10-23(28(40)25(15)29(41)26(16)30(42)35(17,47)31(27)43)37-33(45)38-34(46)48-14-22-20-7-3-1-5-18(20)19-6-2-4-8-21(19)22/h1-10,16-17,22,40-41,43,47H,11-14H2,(H2,36,44)(H2,37,38,45,46)/t16-,17-,35-/m0/s1. The summed E-state index contributed by atoms with van der Waals surface area (Å²) in [6, 6.07) is 17.3. The highest BCUT2D eigenvalue weighted by Crippen LogP contribution is 2.52. The summed E-state index contributed by atoms with van der Waals surface area (Å²) in [5.41, 5.74) is 5.35. The highest BCUT2D eigenvalue weighted by atomic mass is 16.5. The van der Waals surface area contributed by atoms with E-state index >= 15 is 0 Å². The van der Waals surface area contributed by atoms with E-state index in [9.17, 15) is 44.4 Å². The number of aliphatic hydroxyl groups excluding tert-OH is 2. The topological polar surface area (TPSA) is 226 Å². The van der Waals surface area contributed by atoms with Crippen LogP contribution in [-0.2, 0) is 25.5 Å². The van der Waals surface area contributed by atoms with Gasteiger partial charge in [0.2, 0.25) is 5.78 Å². The number of amides is 4. The fourth-order valence-electron chi connectivity index (χ4n) is 7.58. The van der Waals surface area contributed by atoms with Crippen LogP contribution in [0.1, 0.15) is 41.0 Å². The number of carbonyl (C=O) groups is 5. The monoisotopic (exact) mass is 651 g/mol. The Bertz CT molecular complexity index is 2000. The third kappa shape index (κ3) is 4.53. The normalized spacial score (nSPS) is 22.6. The van der Waals surface area contributed by atoms with E-state index in [0.717, 1.165) is 22.3 Å². The number of aromatic hydroxyl groups is 1. The molecule has 13 nitrogen and oxygen atoms in total. The van der Waals surface area contributed by atoms with Gasteiger partial charge >= 0.3 is 12.1 Å². The minimum atomic E-state index is -2.69. The SMILES string of the molecule is NC(=O)C1=C(O)[C@@]2(O)C(=O)C3=C(O)c4c(ccc(NC(=O)NC(=O)OCC5c6ccccc6-c6ccccc65)c4O)C[C@H]3C[C@H]2CC1=O. The number of primary amides is 1. The number of urea groups is 1. The molecule has 3 aromatic rings. The molecule has 13 heteroatoms. The third-order valence-electron chi connectivity index (χ3n) is 9.74. The Morgan fingerprint density at radius 3 is 2.21 bits per heavy atom. The maximum Gasteiger partial charge on any atom is 0.415 e. The fraction of sp³-hybridized carbons (Fsp3) is 0.229. The molecule has 48 heavy (non-hydrogen) atoms. The van der Waals surface area contributed by atoms with Crippen molar-refractivity contribution in [3.8, 4) is 16.9 Å². The van der Waals surface area contributed by atoms with Crippen LogP contribution >= 0.6 is 0 Å². The average Bonchev–Trinajstić information content (AvgIpc) is 3.36. The largest absolute Gasteiger partial charge is 0.508 e. The number of ketones is 2. The number of hydrogen-bond donors (Lipinski definition) is 7. The van der Waals surface area contributed by atoms with Gasteiger partial charge in [0.05, 0.1) is 11.3 Å². The van der Waals surface area contributed by atoms with Crippen LogP contribution in [0.2, 0.25) is 0 Å². The van der Waals surface area contributed by atoms with Gasteiger partial charge in [-0.2, -0.15) is 0 Å². The van der Waals surface area contributed by atoms with Crippen molar-refractivity contribution < 1.29 is 49.1 Å². The molecule has 244 valence electrons. The van der Waals surface area contributed by atoms with Gasteiger partial charge in [-0.05, 0) is 52.6 Å². The van der Waals surface area contributed by atoms with Crippen molar-refractivity contribution in [3.63, 3.8) is 0 Å². The first-order chi connectivity index (χ1) is 22.9. The molecule has 0 spiro atoms. The third-order valence-corrected chi connectivity index (χ3v) is 9.74. The molecule has 4 aliphatic carbocycles. The molecular formula is C35H29N3O10. The number of nitrogens with two attached hydrogens (primary N) is 1. The Labute approximate surface area is 272 Å². The van der Waals surface area contributed by atoms with Crippen LogP contribution in [0.5, 0.6) is 5.75 Å². The van der Waals surface area contributed by atoms with E-state index in [-0.39, 0.29) is 42.2 Å². The van der Waals surface area contributed by atoms with Gasteiger partial charge < -0.3 is 36.2 Å². The van der Waals surface area contributed by atoms with Gasteiger partial charge in [-0.1, -0.05) is 54.6 Å². The minimum absolute atomic E-state index is 0.00772. The van der Waals surface area contributed by atoms with Gasteiger partial charge in [-0.3, -0.25) is 14.4 Å².